The first-order chi connectivity index (χ1) is 8.65. The van der Waals surface area contributed by atoms with Crippen LogP contribution in [0.3, 0.4) is 0 Å². The molecule has 1 fully saturated rings. The Morgan fingerprint density at radius 1 is 1.21 bits per heavy atom. The minimum absolute atomic E-state index is 0.0125. The Morgan fingerprint density at radius 3 is 2.21 bits per heavy atom. The third-order valence-corrected chi connectivity index (χ3v) is 3.34. The summed E-state index contributed by atoms with van der Waals surface area (Å²) in [6.07, 6.45) is 0.549. The van der Waals surface area contributed by atoms with Crippen molar-refractivity contribution in [2.45, 2.75) is 65.6 Å². The van der Waals surface area contributed by atoms with Crippen molar-refractivity contribution in [2.75, 3.05) is 13.1 Å². The fraction of sp³-hybridized carbons (Fsp3) is 0.857. The molecule has 2 amide bonds. The second-order valence-corrected chi connectivity index (χ2v) is 6.22. The summed E-state index contributed by atoms with van der Waals surface area (Å²) in [6, 6.07) is 0.0720. The van der Waals surface area contributed by atoms with Crippen LogP contribution >= 0.6 is 0 Å². The summed E-state index contributed by atoms with van der Waals surface area (Å²) in [5.74, 6) is 0.0718. The number of amides is 2. The normalized spacial score (nSPS) is 24.3. The number of rotatable bonds is 1. The Kier molecular flexibility index (Phi) is 4.82. The number of piperazine rings is 1. The van der Waals surface area contributed by atoms with E-state index < -0.39 is 5.60 Å². The van der Waals surface area contributed by atoms with Crippen molar-refractivity contribution in [3.05, 3.63) is 0 Å². The lowest BCUT2D eigenvalue weighted by Crippen LogP contribution is -2.60. The van der Waals surface area contributed by atoms with Gasteiger partial charge in [-0.05, 0) is 34.1 Å². The topological polar surface area (TPSA) is 49.9 Å². The fourth-order valence-electron chi connectivity index (χ4n) is 2.35. The molecule has 0 bridgehead atoms. The fourth-order valence-corrected chi connectivity index (χ4v) is 2.35. The van der Waals surface area contributed by atoms with Crippen LogP contribution in [0, 0.1) is 0 Å². The van der Waals surface area contributed by atoms with Gasteiger partial charge < -0.3 is 14.5 Å². The Hall–Kier alpha value is -1.26. The summed E-state index contributed by atoms with van der Waals surface area (Å²) < 4.78 is 5.42. The van der Waals surface area contributed by atoms with Gasteiger partial charge in [-0.15, -0.1) is 0 Å². The Labute approximate surface area is 115 Å². The zero-order valence-corrected chi connectivity index (χ0v) is 12.9. The third kappa shape index (κ3) is 4.11. The molecule has 0 saturated carbocycles. The lowest BCUT2D eigenvalue weighted by Gasteiger charge is -2.44. The first-order valence-electron chi connectivity index (χ1n) is 6.92. The quantitative estimate of drug-likeness (QED) is 0.734. The number of carbonyl (C=O) groups excluding carboxylic acids is 2. The molecule has 110 valence electrons. The van der Waals surface area contributed by atoms with Crippen molar-refractivity contribution in [3.63, 3.8) is 0 Å². The molecule has 1 aliphatic heterocycles. The van der Waals surface area contributed by atoms with Crippen molar-refractivity contribution >= 4 is 12.0 Å². The van der Waals surface area contributed by atoms with Gasteiger partial charge in [0.1, 0.15) is 5.60 Å². The summed E-state index contributed by atoms with van der Waals surface area (Å²) in [7, 11) is 0. The maximum atomic E-state index is 12.2. The highest BCUT2D eigenvalue weighted by Gasteiger charge is 2.36. The first-order valence-corrected chi connectivity index (χ1v) is 6.92. The largest absolute Gasteiger partial charge is 0.444 e. The van der Waals surface area contributed by atoms with Gasteiger partial charge in [-0.25, -0.2) is 4.79 Å². The highest BCUT2D eigenvalue weighted by atomic mass is 16.6. The lowest BCUT2D eigenvalue weighted by molar-refractivity contribution is -0.135. The molecule has 0 N–H and O–H groups in total. The van der Waals surface area contributed by atoms with Gasteiger partial charge in [-0.3, -0.25) is 4.79 Å². The van der Waals surface area contributed by atoms with Crippen molar-refractivity contribution in [1.82, 2.24) is 9.80 Å². The van der Waals surface area contributed by atoms with Gasteiger partial charge in [0.25, 0.3) is 0 Å². The molecule has 0 spiro atoms. The molecule has 5 nitrogen and oxygen atoms in total. The summed E-state index contributed by atoms with van der Waals surface area (Å²) in [5, 5.41) is 0. The molecule has 0 unspecified atom stereocenters. The second kappa shape index (κ2) is 5.80. The minimum Gasteiger partial charge on any atom is -0.444 e. The van der Waals surface area contributed by atoms with Crippen LogP contribution in [0.25, 0.3) is 0 Å². The molecule has 2 atom stereocenters. The molecular weight excluding hydrogens is 244 g/mol. The summed E-state index contributed by atoms with van der Waals surface area (Å²) >= 11 is 0. The van der Waals surface area contributed by atoms with E-state index in [2.05, 4.69) is 0 Å². The maximum Gasteiger partial charge on any atom is 0.410 e. The van der Waals surface area contributed by atoms with Crippen molar-refractivity contribution in [2.24, 2.45) is 0 Å². The van der Waals surface area contributed by atoms with Crippen LogP contribution in [-0.4, -0.2) is 52.6 Å². The zero-order chi connectivity index (χ0) is 14.8. The molecular formula is C14H26N2O3. The SMILES string of the molecule is CC[C@@H]1CN(C(=O)OC(C)(C)C)[C@@H](C)CN1C(C)=O. The van der Waals surface area contributed by atoms with E-state index in [9.17, 15) is 9.59 Å². The molecule has 0 aromatic carbocycles. The van der Waals surface area contributed by atoms with E-state index in [-0.39, 0.29) is 24.1 Å². The van der Waals surface area contributed by atoms with E-state index in [0.717, 1.165) is 6.42 Å². The Balaban J connectivity index is 2.77. The van der Waals surface area contributed by atoms with Gasteiger partial charge >= 0.3 is 6.09 Å². The minimum atomic E-state index is -0.490. The zero-order valence-electron chi connectivity index (χ0n) is 12.9. The summed E-state index contributed by atoms with van der Waals surface area (Å²) in [5.41, 5.74) is -0.490. The lowest BCUT2D eigenvalue weighted by atomic mass is 10.1. The number of carbonyl (C=O) groups is 2. The van der Waals surface area contributed by atoms with E-state index in [0.29, 0.717) is 13.1 Å². The molecule has 0 aromatic heterocycles. The molecule has 1 saturated heterocycles. The van der Waals surface area contributed by atoms with Crippen LogP contribution in [0.1, 0.15) is 48.0 Å². The molecule has 0 radical (unpaired) electrons. The van der Waals surface area contributed by atoms with E-state index in [1.54, 1.807) is 11.8 Å². The van der Waals surface area contributed by atoms with Gasteiger partial charge in [0, 0.05) is 32.1 Å². The van der Waals surface area contributed by atoms with Crippen LogP contribution in [0.5, 0.6) is 0 Å². The number of nitrogens with zero attached hydrogens (tertiary/aromatic N) is 2. The highest BCUT2D eigenvalue weighted by Crippen LogP contribution is 2.20. The van der Waals surface area contributed by atoms with E-state index in [1.807, 2.05) is 39.5 Å². The van der Waals surface area contributed by atoms with Gasteiger partial charge in [0.05, 0.1) is 0 Å². The van der Waals surface area contributed by atoms with Crippen LogP contribution in [0.2, 0.25) is 0 Å². The predicted octanol–water partition coefficient (Wildman–Crippen LogP) is 2.25. The molecule has 0 aromatic rings. The van der Waals surface area contributed by atoms with E-state index in [4.69, 9.17) is 4.74 Å². The van der Waals surface area contributed by atoms with Crippen molar-refractivity contribution in [1.29, 1.82) is 0 Å². The number of hydrogen-bond donors (Lipinski definition) is 0. The van der Waals surface area contributed by atoms with E-state index in [1.165, 1.54) is 0 Å². The standard InChI is InChI=1S/C14H26N2O3/c1-7-12-9-15(13(18)19-14(4,5)6)10(2)8-16(12)11(3)17/h10,12H,7-9H2,1-6H3/t10-,12+/m0/s1. The molecule has 0 aliphatic carbocycles. The molecule has 1 aliphatic rings. The maximum absolute atomic E-state index is 12.2. The highest BCUT2D eigenvalue weighted by molar-refractivity contribution is 5.75. The summed E-state index contributed by atoms with van der Waals surface area (Å²) in [4.78, 5) is 27.4. The van der Waals surface area contributed by atoms with Crippen LogP contribution in [-0.2, 0) is 9.53 Å². The monoisotopic (exact) mass is 270 g/mol. The van der Waals surface area contributed by atoms with Crippen molar-refractivity contribution in [3.8, 4) is 0 Å². The average Bonchev–Trinajstić information content (AvgIpc) is 2.25. The predicted molar refractivity (Wildman–Crippen MR) is 73.9 cm³/mol. The Bertz CT molecular complexity index is 349. The second-order valence-electron chi connectivity index (χ2n) is 6.22. The number of ether oxygens (including phenoxy) is 1. The molecule has 19 heavy (non-hydrogen) atoms. The average molecular weight is 270 g/mol. The van der Waals surface area contributed by atoms with Crippen molar-refractivity contribution < 1.29 is 14.3 Å². The smallest absolute Gasteiger partial charge is 0.410 e. The third-order valence-electron chi connectivity index (χ3n) is 3.34. The molecule has 1 heterocycles. The molecule has 5 heteroatoms. The number of hydrogen-bond acceptors (Lipinski definition) is 3. The van der Waals surface area contributed by atoms with Gasteiger partial charge in [-0.2, -0.15) is 0 Å². The van der Waals surface area contributed by atoms with Gasteiger partial charge in [0.2, 0.25) is 5.91 Å². The Morgan fingerprint density at radius 2 is 1.79 bits per heavy atom. The van der Waals surface area contributed by atoms with Crippen LogP contribution in [0.15, 0.2) is 0 Å². The van der Waals surface area contributed by atoms with Gasteiger partial charge in [-0.1, -0.05) is 6.92 Å². The van der Waals surface area contributed by atoms with E-state index >= 15 is 0 Å². The first kappa shape index (κ1) is 15.8. The van der Waals surface area contributed by atoms with Crippen LogP contribution in [0.4, 0.5) is 4.79 Å². The molecule has 1 rings (SSSR count). The van der Waals surface area contributed by atoms with Crippen LogP contribution < -0.4 is 0 Å². The summed E-state index contributed by atoms with van der Waals surface area (Å²) in [6.45, 7) is 12.3. The van der Waals surface area contributed by atoms with Gasteiger partial charge in [0.15, 0.2) is 0 Å².